The van der Waals surface area contributed by atoms with Crippen molar-refractivity contribution in [3.8, 4) is 0 Å². The maximum atomic E-state index is 9.37. The van der Waals surface area contributed by atoms with Crippen molar-refractivity contribution in [1.29, 1.82) is 0 Å². The van der Waals surface area contributed by atoms with Crippen molar-refractivity contribution in [1.82, 2.24) is 0 Å². The molecular weight excluding hydrogens is 176 g/mol. The van der Waals surface area contributed by atoms with Crippen LogP contribution in [0, 0.1) is 5.92 Å². The van der Waals surface area contributed by atoms with Crippen LogP contribution < -0.4 is 0 Å². The monoisotopic (exact) mass is 192 g/mol. The van der Waals surface area contributed by atoms with Gasteiger partial charge in [0.15, 0.2) is 6.29 Å². The zero-order valence-corrected chi connectivity index (χ0v) is 7.84. The highest BCUT2D eigenvalue weighted by Gasteiger charge is 2.39. The molecule has 0 aromatic carbocycles. The SMILES string of the molecule is CO[C@@H]1[C@H](CO)CO[C@@H](O)[C@@H]1OC. The largest absolute Gasteiger partial charge is 0.396 e. The standard InChI is InChI=1S/C8H16O5/c1-11-6-5(3-9)4-13-8(10)7(6)12-2/h5-10H,3-4H2,1-2H3/t5-,6-,7-,8-/m1/s1. The summed E-state index contributed by atoms with van der Waals surface area (Å²) in [5, 5.41) is 18.4. The minimum absolute atomic E-state index is 0.0366. The number of rotatable bonds is 3. The number of aliphatic hydroxyl groups excluding tert-OH is 2. The van der Waals surface area contributed by atoms with Crippen LogP contribution in [0.2, 0.25) is 0 Å². The van der Waals surface area contributed by atoms with Gasteiger partial charge in [-0.1, -0.05) is 0 Å². The molecule has 1 rings (SSSR count). The minimum Gasteiger partial charge on any atom is -0.396 e. The lowest BCUT2D eigenvalue weighted by atomic mass is 9.96. The predicted molar refractivity (Wildman–Crippen MR) is 44.1 cm³/mol. The number of methoxy groups -OCH3 is 2. The minimum atomic E-state index is -0.974. The highest BCUT2D eigenvalue weighted by Crippen LogP contribution is 2.23. The average Bonchev–Trinajstić information content (AvgIpc) is 2.17. The van der Waals surface area contributed by atoms with Crippen LogP contribution in [0.25, 0.3) is 0 Å². The third-order valence-corrected chi connectivity index (χ3v) is 2.33. The van der Waals surface area contributed by atoms with Gasteiger partial charge in [-0.05, 0) is 0 Å². The molecule has 0 bridgehead atoms. The molecule has 5 nitrogen and oxygen atoms in total. The molecule has 4 atom stereocenters. The van der Waals surface area contributed by atoms with Gasteiger partial charge >= 0.3 is 0 Å². The molecule has 1 fully saturated rings. The first-order valence-electron chi connectivity index (χ1n) is 4.20. The first kappa shape index (κ1) is 10.9. The molecule has 0 aromatic heterocycles. The van der Waals surface area contributed by atoms with Crippen molar-refractivity contribution in [2.24, 2.45) is 5.92 Å². The van der Waals surface area contributed by atoms with Crippen LogP contribution in [0.3, 0.4) is 0 Å². The quantitative estimate of drug-likeness (QED) is 0.598. The normalized spacial score (nSPS) is 40.6. The van der Waals surface area contributed by atoms with Crippen molar-refractivity contribution in [3.05, 3.63) is 0 Å². The summed E-state index contributed by atoms with van der Waals surface area (Å²) in [6, 6.07) is 0. The van der Waals surface area contributed by atoms with E-state index in [2.05, 4.69) is 0 Å². The first-order chi connectivity index (χ1) is 6.24. The average molecular weight is 192 g/mol. The van der Waals surface area contributed by atoms with Gasteiger partial charge in [-0.25, -0.2) is 0 Å². The van der Waals surface area contributed by atoms with Crippen LogP contribution >= 0.6 is 0 Å². The fourth-order valence-corrected chi connectivity index (χ4v) is 1.58. The second kappa shape index (κ2) is 4.88. The lowest BCUT2D eigenvalue weighted by Crippen LogP contribution is -2.52. The highest BCUT2D eigenvalue weighted by molar-refractivity contribution is 4.84. The molecule has 1 aliphatic rings. The molecule has 5 heteroatoms. The van der Waals surface area contributed by atoms with E-state index in [0.29, 0.717) is 0 Å². The van der Waals surface area contributed by atoms with Crippen molar-refractivity contribution in [3.63, 3.8) is 0 Å². The van der Waals surface area contributed by atoms with E-state index >= 15 is 0 Å². The Bertz CT molecular complexity index is 151. The molecule has 0 unspecified atom stereocenters. The molecule has 0 aliphatic carbocycles. The van der Waals surface area contributed by atoms with Gasteiger partial charge in [0, 0.05) is 20.1 Å². The Kier molecular flexibility index (Phi) is 4.08. The highest BCUT2D eigenvalue weighted by atomic mass is 16.6. The molecule has 0 saturated carbocycles. The lowest BCUT2D eigenvalue weighted by Gasteiger charge is -2.38. The number of aliphatic hydroxyl groups is 2. The van der Waals surface area contributed by atoms with Crippen LogP contribution in [0.4, 0.5) is 0 Å². The third kappa shape index (κ3) is 2.18. The van der Waals surface area contributed by atoms with E-state index in [1.54, 1.807) is 0 Å². The Hall–Kier alpha value is -0.200. The topological polar surface area (TPSA) is 68.2 Å². The molecule has 0 aromatic rings. The van der Waals surface area contributed by atoms with Crippen LogP contribution in [-0.4, -0.2) is 56.1 Å². The molecule has 1 saturated heterocycles. The summed E-state index contributed by atoms with van der Waals surface area (Å²) >= 11 is 0. The fraction of sp³-hybridized carbons (Fsp3) is 1.00. The maximum Gasteiger partial charge on any atom is 0.183 e. The molecule has 0 radical (unpaired) electrons. The molecule has 1 aliphatic heterocycles. The van der Waals surface area contributed by atoms with Crippen LogP contribution in [-0.2, 0) is 14.2 Å². The van der Waals surface area contributed by atoms with Gasteiger partial charge in [0.1, 0.15) is 6.10 Å². The summed E-state index contributed by atoms with van der Waals surface area (Å²) < 4.78 is 15.2. The summed E-state index contributed by atoms with van der Waals surface area (Å²) in [4.78, 5) is 0. The van der Waals surface area contributed by atoms with Gasteiger partial charge in [0.2, 0.25) is 0 Å². The number of hydrogen-bond acceptors (Lipinski definition) is 5. The Balaban J connectivity index is 2.64. The second-order valence-electron chi connectivity index (χ2n) is 3.07. The van der Waals surface area contributed by atoms with Gasteiger partial charge in [0.25, 0.3) is 0 Å². The van der Waals surface area contributed by atoms with Crippen molar-refractivity contribution in [2.45, 2.75) is 18.5 Å². The van der Waals surface area contributed by atoms with Crippen molar-refractivity contribution < 1.29 is 24.4 Å². The molecule has 2 N–H and O–H groups in total. The van der Waals surface area contributed by atoms with E-state index in [1.807, 2.05) is 0 Å². The van der Waals surface area contributed by atoms with E-state index in [9.17, 15) is 5.11 Å². The van der Waals surface area contributed by atoms with E-state index in [4.69, 9.17) is 19.3 Å². The van der Waals surface area contributed by atoms with E-state index in [-0.39, 0.29) is 25.2 Å². The number of hydrogen-bond donors (Lipinski definition) is 2. The Morgan fingerprint density at radius 1 is 1.31 bits per heavy atom. The van der Waals surface area contributed by atoms with Gasteiger partial charge in [-0.15, -0.1) is 0 Å². The summed E-state index contributed by atoms with van der Waals surface area (Å²) in [5.41, 5.74) is 0. The lowest BCUT2D eigenvalue weighted by molar-refractivity contribution is -0.255. The smallest absolute Gasteiger partial charge is 0.183 e. The summed E-state index contributed by atoms with van der Waals surface area (Å²) in [6.45, 7) is 0.251. The van der Waals surface area contributed by atoms with E-state index in [0.717, 1.165) is 0 Å². The first-order valence-corrected chi connectivity index (χ1v) is 4.20. The van der Waals surface area contributed by atoms with Gasteiger partial charge < -0.3 is 24.4 Å². The Morgan fingerprint density at radius 2 is 1.92 bits per heavy atom. The molecule has 0 spiro atoms. The summed E-state index contributed by atoms with van der Waals surface area (Å²) in [7, 11) is 3.00. The molecule has 78 valence electrons. The maximum absolute atomic E-state index is 9.37. The molecule has 0 amide bonds. The van der Waals surface area contributed by atoms with E-state index < -0.39 is 12.4 Å². The summed E-state index contributed by atoms with van der Waals surface area (Å²) in [6.07, 6.45) is -1.83. The molecule has 13 heavy (non-hydrogen) atoms. The zero-order valence-electron chi connectivity index (χ0n) is 7.84. The van der Waals surface area contributed by atoms with Gasteiger partial charge in [0.05, 0.1) is 19.3 Å². The van der Waals surface area contributed by atoms with Gasteiger partial charge in [-0.3, -0.25) is 0 Å². The van der Waals surface area contributed by atoms with Crippen molar-refractivity contribution >= 4 is 0 Å². The second-order valence-corrected chi connectivity index (χ2v) is 3.07. The molecular formula is C8H16O5. The Morgan fingerprint density at radius 3 is 2.38 bits per heavy atom. The van der Waals surface area contributed by atoms with Crippen molar-refractivity contribution in [2.75, 3.05) is 27.4 Å². The van der Waals surface area contributed by atoms with Crippen LogP contribution in [0.15, 0.2) is 0 Å². The Labute approximate surface area is 77.2 Å². The predicted octanol–water partition coefficient (Wildman–Crippen LogP) is -1.03. The number of ether oxygens (including phenoxy) is 3. The summed E-state index contributed by atoms with van der Waals surface area (Å²) in [5.74, 6) is -0.140. The van der Waals surface area contributed by atoms with Crippen LogP contribution in [0.5, 0.6) is 0 Å². The van der Waals surface area contributed by atoms with E-state index in [1.165, 1.54) is 14.2 Å². The fourth-order valence-electron chi connectivity index (χ4n) is 1.58. The zero-order chi connectivity index (χ0) is 9.84. The third-order valence-electron chi connectivity index (χ3n) is 2.33. The van der Waals surface area contributed by atoms with Crippen LogP contribution in [0.1, 0.15) is 0 Å². The van der Waals surface area contributed by atoms with Gasteiger partial charge in [-0.2, -0.15) is 0 Å². The molecule has 1 heterocycles.